The Hall–Kier alpha value is -2.76. The maximum absolute atomic E-state index is 12.5. The number of anilines is 2. The zero-order chi connectivity index (χ0) is 17.3. The average molecular weight is 324 g/mol. The number of rotatable bonds is 3. The van der Waals surface area contributed by atoms with Crippen LogP contribution in [-0.2, 0) is 9.59 Å². The largest absolute Gasteiger partial charge is 0.312 e. The van der Waals surface area contributed by atoms with Gasteiger partial charge < -0.3 is 4.90 Å². The minimum Gasteiger partial charge on any atom is -0.312 e. The molecule has 0 spiro atoms. The van der Waals surface area contributed by atoms with E-state index in [2.05, 4.69) is 15.3 Å². The van der Waals surface area contributed by atoms with Crippen LogP contribution in [0.4, 0.5) is 11.6 Å². The summed E-state index contributed by atoms with van der Waals surface area (Å²) in [5.41, 5.74) is 3.50. The molecular formula is C18H20N4O2. The van der Waals surface area contributed by atoms with Crippen LogP contribution in [0.15, 0.2) is 30.3 Å². The molecule has 0 saturated carbocycles. The van der Waals surface area contributed by atoms with Gasteiger partial charge in [-0.05, 0) is 44.5 Å². The Morgan fingerprint density at radius 1 is 1.17 bits per heavy atom. The van der Waals surface area contributed by atoms with Gasteiger partial charge in [0.2, 0.25) is 17.8 Å². The molecule has 1 aliphatic rings. The van der Waals surface area contributed by atoms with Crippen molar-refractivity contribution in [2.75, 3.05) is 16.8 Å². The third-order valence-corrected chi connectivity index (χ3v) is 4.03. The molecule has 0 bridgehead atoms. The minimum absolute atomic E-state index is 0.0397. The van der Waals surface area contributed by atoms with Gasteiger partial charge in [0.1, 0.15) is 0 Å². The Morgan fingerprint density at radius 3 is 2.54 bits per heavy atom. The molecule has 24 heavy (non-hydrogen) atoms. The standard InChI is InChI=1S/C18H20N4O2/c1-11-5-4-6-15(7-11)22-10-14(9-16(22)23)17(24)21-18-19-12(2)8-13(3)20-18/h4-8,14H,9-10H2,1-3H3,(H,19,20,21,24)/t14-/m1/s1. The summed E-state index contributed by atoms with van der Waals surface area (Å²) >= 11 is 0. The molecule has 1 aromatic heterocycles. The van der Waals surface area contributed by atoms with Crippen LogP contribution in [0.3, 0.4) is 0 Å². The van der Waals surface area contributed by atoms with Crippen LogP contribution in [0.5, 0.6) is 0 Å². The van der Waals surface area contributed by atoms with Crippen LogP contribution in [-0.4, -0.2) is 28.3 Å². The summed E-state index contributed by atoms with van der Waals surface area (Å²) in [6.07, 6.45) is 0.199. The molecule has 1 saturated heterocycles. The third kappa shape index (κ3) is 3.42. The zero-order valence-electron chi connectivity index (χ0n) is 14.0. The van der Waals surface area contributed by atoms with Gasteiger partial charge >= 0.3 is 0 Å². The van der Waals surface area contributed by atoms with Gasteiger partial charge in [0.25, 0.3) is 0 Å². The summed E-state index contributed by atoms with van der Waals surface area (Å²) in [6.45, 7) is 6.05. The van der Waals surface area contributed by atoms with Crippen molar-refractivity contribution >= 4 is 23.5 Å². The van der Waals surface area contributed by atoms with Gasteiger partial charge in [0, 0.05) is 30.0 Å². The van der Waals surface area contributed by atoms with E-state index in [0.717, 1.165) is 22.6 Å². The second kappa shape index (κ2) is 6.39. The van der Waals surface area contributed by atoms with E-state index in [1.165, 1.54) is 0 Å². The predicted molar refractivity (Wildman–Crippen MR) is 91.8 cm³/mol. The Morgan fingerprint density at radius 2 is 1.88 bits per heavy atom. The molecule has 1 aliphatic heterocycles. The molecular weight excluding hydrogens is 304 g/mol. The Kier molecular flexibility index (Phi) is 4.29. The number of aryl methyl sites for hydroxylation is 3. The Balaban J connectivity index is 1.72. The average Bonchev–Trinajstić information content (AvgIpc) is 2.88. The first-order chi connectivity index (χ1) is 11.4. The quantitative estimate of drug-likeness (QED) is 0.940. The molecule has 124 valence electrons. The number of nitrogens with one attached hydrogen (secondary N) is 1. The fourth-order valence-electron chi connectivity index (χ4n) is 2.92. The van der Waals surface area contributed by atoms with Crippen molar-refractivity contribution in [3.05, 3.63) is 47.3 Å². The van der Waals surface area contributed by atoms with E-state index in [4.69, 9.17) is 0 Å². The van der Waals surface area contributed by atoms with E-state index in [1.807, 2.05) is 51.1 Å². The first-order valence-electron chi connectivity index (χ1n) is 7.92. The minimum atomic E-state index is -0.401. The van der Waals surface area contributed by atoms with Gasteiger partial charge in [0.15, 0.2) is 0 Å². The van der Waals surface area contributed by atoms with Crippen LogP contribution in [0.25, 0.3) is 0 Å². The van der Waals surface area contributed by atoms with Crippen LogP contribution >= 0.6 is 0 Å². The summed E-state index contributed by atoms with van der Waals surface area (Å²) in [4.78, 5) is 34.8. The smallest absolute Gasteiger partial charge is 0.232 e. The molecule has 0 aliphatic carbocycles. The van der Waals surface area contributed by atoms with Crippen molar-refractivity contribution in [1.82, 2.24) is 9.97 Å². The van der Waals surface area contributed by atoms with Gasteiger partial charge in [-0.2, -0.15) is 0 Å². The maximum Gasteiger partial charge on any atom is 0.232 e. The molecule has 1 aromatic carbocycles. The number of amides is 2. The normalized spacial score (nSPS) is 17.2. The van der Waals surface area contributed by atoms with Crippen LogP contribution in [0.1, 0.15) is 23.4 Å². The highest BCUT2D eigenvalue weighted by Crippen LogP contribution is 2.26. The van der Waals surface area contributed by atoms with Gasteiger partial charge in [0.05, 0.1) is 5.92 Å². The van der Waals surface area contributed by atoms with E-state index >= 15 is 0 Å². The van der Waals surface area contributed by atoms with Crippen molar-refractivity contribution in [1.29, 1.82) is 0 Å². The predicted octanol–water partition coefficient (Wildman–Crippen LogP) is 2.39. The van der Waals surface area contributed by atoms with Crippen LogP contribution in [0.2, 0.25) is 0 Å². The lowest BCUT2D eigenvalue weighted by atomic mass is 10.1. The highest BCUT2D eigenvalue weighted by Gasteiger charge is 2.35. The van der Waals surface area contributed by atoms with E-state index in [-0.39, 0.29) is 18.2 Å². The number of hydrogen-bond donors (Lipinski definition) is 1. The fraction of sp³-hybridized carbons (Fsp3) is 0.333. The number of benzene rings is 1. The lowest BCUT2D eigenvalue weighted by Gasteiger charge is -2.17. The number of nitrogens with zero attached hydrogens (tertiary/aromatic N) is 3. The van der Waals surface area contributed by atoms with Crippen molar-refractivity contribution in [2.24, 2.45) is 5.92 Å². The van der Waals surface area contributed by atoms with Gasteiger partial charge in [-0.15, -0.1) is 0 Å². The Labute approximate surface area is 140 Å². The van der Waals surface area contributed by atoms with Crippen molar-refractivity contribution in [2.45, 2.75) is 27.2 Å². The maximum atomic E-state index is 12.5. The fourth-order valence-corrected chi connectivity index (χ4v) is 2.92. The summed E-state index contributed by atoms with van der Waals surface area (Å²) in [7, 11) is 0. The second-order valence-corrected chi connectivity index (χ2v) is 6.21. The van der Waals surface area contributed by atoms with Crippen LogP contribution < -0.4 is 10.2 Å². The second-order valence-electron chi connectivity index (χ2n) is 6.21. The first-order valence-corrected chi connectivity index (χ1v) is 7.92. The molecule has 2 amide bonds. The van der Waals surface area contributed by atoms with E-state index in [9.17, 15) is 9.59 Å². The lowest BCUT2D eigenvalue weighted by Crippen LogP contribution is -2.28. The number of carbonyl (C=O) groups is 2. The molecule has 1 N–H and O–H groups in total. The van der Waals surface area contributed by atoms with Crippen molar-refractivity contribution in [3.8, 4) is 0 Å². The van der Waals surface area contributed by atoms with Gasteiger partial charge in [-0.3, -0.25) is 14.9 Å². The van der Waals surface area contributed by atoms with Crippen molar-refractivity contribution in [3.63, 3.8) is 0 Å². The van der Waals surface area contributed by atoms with E-state index in [1.54, 1.807) is 4.90 Å². The third-order valence-electron chi connectivity index (χ3n) is 4.03. The van der Waals surface area contributed by atoms with Gasteiger partial charge in [-0.1, -0.05) is 12.1 Å². The highest BCUT2D eigenvalue weighted by molar-refractivity contribution is 6.03. The zero-order valence-corrected chi connectivity index (χ0v) is 14.0. The number of hydrogen-bond acceptors (Lipinski definition) is 4. The highest BCUT2D eigenvalue weighted by atomic mass is 16.2. The van der Waals surface area contributed by atoms with E-state index < -0.39 is 5.92 Å². The molecule has 6 heteroatoms. The molecule has 0 unspecified atom stereocenters. The molecule has 2 heterocycles. The molecule has 6 nitrogen and oxygen atoms in total. The van der Waals surface area contributed by atoms with Gasteiger partial charge in [-0.25, -0.2) is 9.97 Å². The molecule has 1 fully saturated rings. The number of aromatic nitrogens is 2. The summed E-state index contributed by atoms with van der Waals surface area (Å²) in [6, 6.07) is 9.57. The van der Waals surface area contributed by atoms with Crippen LogP contribution in [0, 0.1) is 26.7 Å². The van der Waals surface area contributed by atoms with E-state index in [0.29, 0.717) is 12.5 Å². The molecule has 3 rings (SSSR count). The van der Waals surface area contributed by atoms with Crippen molar-refractivity contribution < 1.29 is 9.59 Å². The lowest BCUT2D eigenvalue weighted by molar-refractivity contribution is -0.122. The SMILES string of the molecule is Cc1cccc(N2C[C@H](C(=O)Nc3nc(C)cc(C)n3)CC2=O)c1. The Bertz CT molecular complexity index is 783. The monoisotopic (exact) mass is 324 g/mol. The molecule has 0 radical (unpaired) electrons. The topological polar surface area (TPSA) is 75.2 Å². The number of carbonyl (C=O) groups excluding carboxylic acids is 2. The summed E-state index contributed by atoms with van der Waals surface area (Å²) in [5.74, 6) is -0.369. The first kappa shape index (κ1) is 16.1. The summed E-state index contributed by atoms with van der Waals surface area (Å²) in [5, 5.41) is 2.73. The summed E-state index contributed by atoms with van der Waals surface area (Å²) < 4.78 is 0. The molecule has 1 atom stereocenters. The molecule has 2 aromatic rings.